The maximum absolute atomic E-state index is 2.53. The molecule has 0 amide bonds. The Labute approximate surface area is 197 Å². The number of aromatic nitrogens is 1. The first-order chi connectivity index (χ1) is 16.9. The van der Waals surface area contributed by atoms with Crippen molar-refractivity contribution in [2.24, 2.45) is 0 Å². The highest BCUT2D eigenvalue weighted by Gasteiger charge is 2.32. The van der Waals surface area contributed by atoms with Crippen molar-refractivity contribution >= 4 is 21.8 Å². The van der Waals surface area contributed by atoms with Crippen LogP contribution < -0.4 is 0 Å². The minimum atomic E-state index is 1.02. The largest absolute Gasteiger partial charge is 0.309 e. The third kappa shape index (κ3) is 1.94. The van der Waals surface area contributed by atoms with Crippen LogP contribution in [-0.4, -0.2) is 4.57 Å². The zero-order chi connectivity index (χ0) is 22.0. The van der Waals surface area contributed by atoms with Crippen LogP contribution >= 0.6 is 0 Å². The van der Waals surface area contributed by atoms with Crippen LogP contribution in [0, 0.1) is 0 Å². The van der Waals surface area contributed by atoms with Crippen LogP contribution in [0.15, 0.2) is 91.0 Å². The van der Waals surface area contributed by atoms with Gasteiger partial charge in [-0.25, -0.2) is 0 Å². The summed E-state index contributed by atoms with van der Waals surface area (Å²) in [5.74, 6) is 0. The second kappa shape index (κ2) is 5.87. The Balaban J connectivity index is 1.33. The molecule has 0 unspecified atom stereocenters. The van der Waals surface area contributed by atoms with Gasteiger partial charge in [0.2, 0.25) is 0 Å². The second-order valence-corrected chi connectivity index (χ2v) is 10.1. The van der Waals surface area contributed by atoms with Crippen LogP contribution in [0.25, 0.3) is 49.7 Å². The lowest BCUT2D eigenvalue weighted by Gasteiger charge is -2.23. The number of hydrogen-bond donors (Lipinski definition) is 0. The lowest BCUT2D eigenvalue weighted by atomic mass is 9.90. The molecule has 2 aliphatic carbocycles. The summed E-state index contributed by atoms with van der Waals surface area (Å²) in [4.78, 5) is 0. The number of rotatable bonds is 0. The van der Waals surface area contributed by atoms with Gasteiger partial charge in [-0.05, 0) is 80.6 Å². The molecule has 34 heavy (non-hydrogen) atoms. The molecule has 1 heteroatoms. The number of hydrogen-bond acceptors (Lipinski definition) is 0. The van der Waals surface area contributed by atoms with Crippen molar-refractivity contribution in [3.8, 4) is 27.9 Å². The van der Waals surface area contributed by atoms with Gasteiger partial charge < -0.3 is 4.57 Å². The summed E-state index contributed by atoms with van der Waals surface area (Å²) in [6.07, 6.45) is 3.11. The smallest absolute Gasteiger partial charge is 0.0576 e. The standard InChI is InChI=1S/C33H21N/c1-2-8-22-19(6-1)16-29-23(22)13-12-20-17-27-25(32(20)29)14-15-31-28(27)18-21-7-5-10-26-24-9-3-4-11-30(24)34(31)33(21)26/h1-15H,16-18H2. The molecule has 0 radical (unpaired) electrons. The van der Waals surface area contributed by atoms with E-state index in [1.807, 2.05) is 0 Å². The molecule has 0 bridgehead atoms. The van der Waals surface area contributed by atoms with E-state index in [0.29, 0.717) is 0 Å². The van der Waals surface area contributed by atoms with Crippen LogP contribution in [0.4, 0.5) is 0 Å². The molecule has 158 valence electrons. The first kappa shape index (κ1) is 17.4. The summed E-state index contributed by atoms with van der Waals surface area (Å²) in [5.41, 5.74) is 18.9. The minimum Gasteiger partial charge on any atom is -0.309 e. The van der Waals surface area contributed by atoms with Crippen molar-refractivity contribution in [1.82, 2.24) is 4.57 Å². The van der Waals surface area contributed by atoms with Crippen molar-refractivity contribution in [2.45, 2.75) is 19.3 Å². The zero-order valence-electron chi connectivity index (χ0n) is 18.7. The summed E-state index contributed by atoms with van der Waals surface area (Å²) in [5, 5.41) is 2.73. The van der Waals surface area contributed by atoms with Crippen LogP contribution in [0.1, 0.15) is 33.4 Å². The molecule has 2 heterocycles. The Morgan fingerprint density at radius 3 is 2.24 bits per heavy atom. The van der Waals surface area contributed by atoms with E-state index in [9.17, 15) is 0 Å². The van der Waals surface area contributed by atoms with E-state index >= 15 is 0 Å². The van der Waals surface area contributed by atoms with E-state index in [4.69, 9.17) is 0 Å². The predicted octanol–water partition coefficient (Wildman–Crippen LogP) is 7.83. The summed E-state index contributed by atoms with van der Waals surface area (Å²) in [6, 6.07) is 34.2. The highest BCUT2D eigenvalue weighted by atomic mass is 15.0. The first-order valence-electron chi connectivity index (χ1n) is 12.3. The highest BCUT2D eigenvalue weighted by Crippen LogP contribution is 2.50. The van der Waals surface area contributed by atoms with Crippen molar-refractivity contribution < 1.29 is 0 Å². The van der Waals surface area contributed by atoms with Gasteiger partial charge >= 0.3 is 0 Å². The van der Waals surface area contributed by atoms with Crippen molar-refractivity contribution in [1.29, 1.82) is 0 Å². The van der Waals surface area contributed by atoms with Gasteiger partial charge in [0.25, 0.3) is 0 Å². The molecule has 9 rings (SSSR count). The highest BCUT2D eigenvalue weighted by molar-refractivity contribution is 6.11. The monoisotopic (exact) mass is 431 g/mol. The van der Waals surface area contributed by atoms with Crippen LogP contribution in [0.3, 0.4) is 0 Å². The fourth-order valence-electron chi connectivity index (χ4n) is 7.13. The summed E-state index contributed by atoms with van der Waals surface area (Å²) >= 11 is 0. The molecule has 0 spiro atoms. The molecule has 0 N–H and O–H groups in total. The van der Waals surface area contributed by atoms with Crippen LogP contribution in [0.5, 0.6) is 0 Å². The Morgan fingerprint density at radius 2 is 1.24 bits per heavy atom. The Morgan fingerprint density at radius 1 is 0.471 bits per heavy atom. The van der Waals surface area contributed by atoms with Gasteiger partial charge in [-0.2, -0.15) is 0 Å². The first-order valence-corrected chi connectivity index (χ1v) is 12.3. The van der Waals surface area contributed by atoms with Gasteiger partial charge in [0, 0.05) is 17.2 Å². The van der Waals surface area contributed by atoms with Crippen LogP contribution in [0.2, 0.25) is 0 Å². The topological polar surface area (TPSA) is 4.93 Å². The summed E-state index contributed by atoms with van der Waals surface area (Å²) < 4.78 is 2.53. The van der Waals surface area contributed by atoms with E-state index in [0.717, 1.165) is 19.3 Å². The number of benzene rings is 5. The third-order valence-corrected chi connectivity index (χ3v) is 8.50. The fourth-order valence-corrected chi connectivity index (χ4v) is 7.13. The van der Waals surface area contributed by atoms with E-state index < -0.39 is 0 Å². The molecular formula is C33H21N. The van der Waals surface area contributed by atoms with Gasteiger partial charge in [0.05, 0.1) is 16.7 Å². The van der Waals surface area contributed by atoms with Crippen molar-refractivity contribution in [3.05, 3.63) is 124 Å². The average molecular weight is 432 g/mol. The van der Waals surface area contributed by atoms with Gasteiger partial charge in [0.1, 0.15) is 0 Å². The summed E-state index contributed by atoms with van der Waals surface area (Å²) in [6.45, 7) is 0. The molecule has 0 fully saturated rings. The maximum atomic E-state index is 2.53. The zero-order valence-corrected chi connectivity index (χ0v) is 18.7. The SMILES string of the molecule is c1ccc2c(c1)Cc1c-2ccc2c1-c1ccc3c(c1C2)Cc1cccc2c4ccccc4n-3c12. The van der Waals surface area contributed by atoms with Crippen molar-refractivity contribution in [3.63, 3.8) is 0 Å². The van der Waals surface area contributed by atoms with Gasteiger partial charge in [-0.3, -0.25) is 0 Å². The van der Waals surface area contributed by atoms with Gasteiger partial charge in [-0.15, -0.1) is 0 Å². The van der Waals surface area contributed by atoms with E-state index in [2.05, 4.69) is 95.6 Å². The lowest BCUT2D eigenvalue weighted by molar-refractivity contribution is 1.02. The Bertz CT molecular complexity index is 1880. The van der Waals surface area contributed by atoms with Crippen molar-refractivity contribution in [2.75, 3.05) is 0 Å². The van der Waals surface area contributed by atoms with E-state index in [-0.39, 0.29) is 0 Å². The second-order valence-electron chi connectivity index (χ2n) is 10.1. The molecule has 0 atom stereocenters. The lowest BCUT2D eigenvalue weighted by Crippen LogP contribution is -2.10. The van der Waals surface area contributed by atoms with E-state index in [1.165, 1.54) is 83.1 Å². The number of fused-ring (bicyclic) bond motifs is 13. The molecule has 0 saturated heterocycles. The third-order valence-electron chi connectivity index (χ3n) is 8.50. The molecule has 1 aromatic heterocycles. The molecule has 0 saturated carbocycles. The Kier molecular flexibility index (Phi) is 3.00. The predicted molar refractivity (Wildman–Crippen MR) is 140 cm³/mol. The average Bonchev–Trinajstić information content (AvgIpc) is 3.55. The fraction of sp³-hybridized carbons (Fsp3) is 0.0909. The molecule has 5 aromatic carbocycles. The normalized spacial score (nSPS) is 14.1. The van der Waals surface area contributed by atoms with E-state index in [1.54, 1.807) is 0 Å². The maximum Gasteiger partial charge on any atom is 0.0576 e. The number of nitrogens with zero attached hydrogens (tertiary/aromatic N) is 1. The molecule has 1 nitrogen and oxygen atoms in total. The Hall–Kier alpha value is -4.10. The van der Waals surface area contributed by atoms with Gasteiger partial charge in [0.15, 0.2) is 0 Å². The molecule has 3 aliphatic rings. The number of para-hydroxylation sites is 2. The quantitative estimate of drug-likeness (QED) is 0.231. The minimum absolute atomic E-state index is 1.02. The summed E-state index contributed by atoms with van der Waals surface area (Å²) in [7, 11) is 0. The van der Waals surface area contributed by atoms with Crippen LogP contribution in [-0.2, 0) is 19.3 Å². The molecule has 6 aromatic rings. The van der Waals surface area contributed by atoms with Gasteiger partial charge in [-0.1, -0.05) is 78.9 Å². The molecule has 1 aliphatic heterocycles. The molecular weight excluding hydrogens is 410 g/mol.